The van der Waals surface area contributed by atoms with E-state index in [2.05, 4.69) is 11.4 Å². The van der Waals surface area contributed by atoms with Crippen LogP contribution in [0.15, 0.2) is 30.3 Å². The van der Waals surface area contributed by atoms with Gasteiger partial charge in [-0.05, 0) is 37.2 Å². The number of rotatable bonds is 6. The van der Waals surface area contributed by atoms with E-state index < -0.39 is 6.10 Å². The first-order valence-corrected chi connectivity index (χ1v) is 7.56. The number of halogens is 1. The fourth-order valence-electron chi connectivity index (χ4n) is 2.01. The highest BCUT2D eigenvalue weighted by molar-refractivity contribution is 5.85. The van der Waals surface area contributed by atoms with E-state index in [4.69, 9.17) is 5.26 Å². The molecule has 0 bridgehead atoms. The van der Waals surface area contributed by atoms with Gasteiger partial charge < -0.3 is 9.90 Å². The Morgan fingerprint density at radius 3 is 2.32 bits per heavy atom. The first kappa shape index (κ1) is 18.6. The lowest BCUT2D eigenvalue weighted by molar-refractivity contribution is -0.108. The van der Waals surface area contributed by atoms with Gasteiger partial charge in [0.1, 0.15) is 6.29 Å². The van der Waals surface area contributed by atoms with Gasteiger partial charge in [-0.25, -0.2) is 0 Å². The lowest BCUT2D eigenvalue weighted by Gasteiger charge is -2.15. The van der Waals surface area contributed by atoms with Crippen LogP contribution in [0.25, 0.3) is 0 Å². The molecule has 2 saturated carbocycles. The van der Waals surface area contributed by atoms with E-state index in [1.54, 1.807) is 0 Å². The average molecular weight is 323 g/mol. The Hall–Kier alpha value is -1.41. The monoisotopic (exact) mass is 322 g/mol. The number of aliphatic hydroxyl groups excluding tert-OH is 1. The van der Waals surface area contributed by atoms with Gasteiger partial charge in [0, 0.05) is 12.5 Å². The van der Waals surface area contributed by atoms with Crippen molar-refractivity contribution in [3.8, 4) is 6.07 Å². The molecule has 4 nitrogen and oxygen atoms in total. The third-order valence-corrected chi connectivity index (χ3v) is 3.76. The van der Waals surface area contributed by atoms with Crippen LogP contribution in [0, 0.1) is 23.2 Å². The van der Waals surface area contributed by atoms with E-state index in [1.807, 2.05) is 30.3 Å². The van der Waals surface area contributed by atoms with E-state index in [0.29, 0.717) is 18.4 Å². The molecule has 22 heavy (non-hydrogen) atoms. The molecule has 2 aliphatic carbocycles. The third-order valence-electron chi connectivity index (χ3n) is 3.76. The molecule has 0 spiro atoms. The molecule has 0 unspecified atom stereocenters. The normalized spacial score (nSPS) is 18.7. The average Bonchev–Trinajstić information content (AvgIpc) is 3.42. The fraction of sp³-hybridized carbons (Fsp3) is 0.529. The van der Waals surface area contributed by atoms with Crippen LogP contribution in [-0.2, 0) is 4.79 Å². The van der Waals surface area contributed by atoms with Crippen LogP contribution in [-0.4, -0.2) is 24.0 Å². The summed E-state index contributed by atoms with van der Waals surface area (Å²) in [6.45, 7) is 0.443. The summed E-state index contributed by atoms with van der Waals surface area (Å²) in [6.07, 6.45) is 5.04. The summed E-state index contributed by atoms with van der Waals surface area (Å²) in [5, 5.41) is 21.9. The summed E-state index contributed by atoms with van der Waals surface area (Å²) in [5.41, 5.74) is 0.891. The van der Waals surface area contributed by atoms with Gasteiger partial charge >= 0.3 is 0 Å². The van der Waals surface area contributed by atoms with Crippen LogP contribution in [0.4, 0.5) is 0 Å². The van der Waals surface area contributed by atoms with E-state index in [0.717, 1.165) is 37.5 Å². The van der Waals surface area contributed by atoms with Crippen molar-refractivity contribution in [2.75, 3.05) is 6.54 Å². The van der Waals surface area contributed by atoms with E-state index in [-0.39, 0.29) is 18.4 Å². The molecular formula is C17H23ClN2O2. The molecule has 0 radical (unpaired) electrons. The highest BCUT2D eigenvalue weighted by atomic mass is 35.5. The van der Waals surface area contributed by atoms with Crippen molar-refractivity contribution in [2.45, 2.75) is 37.8 Å². The van der Waals surface area contributed by atoms with Crippen molar-refractivity contribution in [3.05, 3.63) is 35.9 Å². The minimum Gasteiger partial charge on any atom is -0.387 e. The van der Waals surface area contributed by atoms with Gasteiger partial charge in [-0.3, -0.25) is 5.32 Å². The van der Waals surface area contributed by atoms with Crippen molar-refractivity contribution in [3.63, 3.8) is 0 Å². The molecule has 1 aromatic rings. The fourth-order valence-corrected chi connectivity index (χ4v) is 2.01. The number of hydrogen-bond acceptors (Lipinski definition) is 4. The number of carbonyl (C=O) groups excluding carboxylic acids is 1. The largest absolute Gasteiger partial charge is 0.387 e. The number of aldehydes is 1. The topological polar surface area (TPSA) is 73.1 Å². The molecule has 2 fully saturated rings. The van der Waals surface area contributed by atoms with Crippen LogP contribution in [0.5, 0.6) is 0 Å². The molecule has 5 heteroatoms. The predicted molar refractivity (Wildman–Crippen MR) is 87.6 cm³/mol. The molecule has 1 aromatic carbocycles. The first-order chi connectivity index (χ1) is 10.2. The van der Waals surface area contributed by atoms with Crippen molar-refractivity contribution in [2.24, 2.45) is 11.8 Å². The minimum absolute atomic E-state index is 0. The van der Waals surface area contributed by atoms with E-state index in [1.165, 1.54) is 0 Å². The first-order valence-electron chi connectivity index (χ1n) is 7.56. The summed E-state index contributed by atoms with van der Waals surface area (Å²) in [4.78, 5) is 9.57. The zero-order chi connectivity index (χ0) is 15.1. The highest BCUT2D eigenvalue weighted by Gasteiger charge is 2.31. The zero-order valence-electron chi connectivity index (χ0n) is 12.5. The van der Waals surface area contributed by atoms with Gasteiger partial charge in [0.05, 0.1) is 18.2 Å². The Morgan fingerprint density at radius 1 is 1.27 bits per heavy atom. The Morgan fingerprint density at radius 2 is 1.91 bits per heavy atom. The quantitative estimate of drug-likeness (QED) is 0.790. The van der Waals surface area contributed by atoms with Crippen LogP contribution < -0.4 is 5.32 Å². The number of nitrogens with zero attached hydrogens (tertiary/aromatic N) is 1. The molecule has 0 aliphatic heterocycles. The molecule has 0 saturated heterocycles. The van der Waals surface area contributed by atoms with Gasteiger partial charge in [-0.1, -0.05) is 30.3 Å². The molecule has 2 aliphatic rings. The molecule has 2 atom stereocenters. The standard InChI is InChI=1S/C13H16N2O.C4H6O.ClH/c14-8-12(10-6-7-10)15-9-13(16)11-4-2-1-3-5-11;5-3-4-1-2-4;/h1-5,10,12-13,15-16H,6-7,9H2;3-4H,1-2H2;1H/t12-,13+;;/m1../s1. The Balaban J connectivity index is 0.000000344. The molecule has 0 amide bonds. The second-order valence-electron chi connectivity index (χ2n) is 5.75. The van der Waals surface area contributed by atoms with E-state index >= 15 is 0 Å². The second kappa shape index (κ2) is 9.58. The highest BCUT2D eigenvalue weighted by Crippen LogP contribution is 2.32. The zero-order valence-corrected chi connectivity index (χ0v) is 13.3. The van der Waals surface area contributed by atoms with Gasteiger partial charge in [-0.2, -0.15) is 5.26 Å². The summed E-state index contributed by atoms with van der Waals surface area (Å²) in [7, 11) is 0. The van der Waals surface area contributed by atoms with Gasteiger partial charge in [0.15, 0.2) is 0 Å². The lowest BCUT2D eigenvalue weighted by atomic mass is 10.1. The van der Waals surface area contributed by atoms with Crippen LogP contribution >= 0.6 is 12.4 Å². The SMILES string of the molecule is Cl.N#C[C@@H](NC[C@H](O)c1ccccc1)C1CC1.O=CC1CC1. The summed E-state index contributed by atoms with van der Waals surface area (Å²) in [5.74, 6) is 0.947. The second-order valence-corrected chi connectivity index (χ2v) is 5.75. The maximum atomic E-state index is 9.90. The number of carbonyl (C=O) groups is 1. The minimum atomic E-state index is -0.532. The van der Waals surface area contributed by atoms with Crippen molar-refractivity contribution >= 4 is 18.7 Å². The molecule has 0 heterocycles. The molecular weight excluding hydrogens is 300 g/mol. The summed E-state index contributed by atoms with van der Waals surface area (Å²) in [6, 6.07) is 11.7. The van der Waals surface area contributed by atoms with Crippen LogP contribution in [0.3, 0.4) is 0 Å². The molecule has 3 rings (SSSR count). The molecule has 0 aromatic heterocycles. The van der Waals surface area contributed by atoms with Crippen molar-refractivity contribution in [1.29, 1.82) is 5.26 Å². The van der Waals surface area contributed by atoms with Crippen LogP contribution in [0.1, 0.15) is 37.4 Å². The number of nitrogens with one attached hydrogen (secondary N) is 1. The number of hydrogen-bond donors (Lipinski definition) is 2. The Bertz CT molecular complexity index is 481. The van der Waals surface area contributed by atoms with E-state index in [9.17, 15) is 9.90 Å². The third kappa shape index (κ3) is 6.57. The Kier molecular flexibility index (Phi) is 8.11. The van der Waals surface area contributed by atoms with Crippen molar-refractivity contribution < 1.29 is 9.90 Å². The van der Waals surface area contributed by atoms with Gasteiger partial charge in [0.25, 0.3) is 0 Å². The van der Waals surface area contributed by atoms with Gasteiger partial charge in [-0.15, -0.1) is 12.4 Å². The predicted octanol–water partition coefficient (Wildman–Crippen LogP) is 2.63. The number of aliphatic hydroxyl groups is 1. The maximum absolute atomic E-state index is 9.90. The summed E-state index contributed by atoms with van der Waals surface area (Å²) < 4.78 is 0. The number of benzene rings is 1. The number of nitriles is 1. The van der Waals surface area contributed by atoms with Crippen molar-refractivity contribution in [1.82, 2.24) is 5.32 Å². The lowest BCUT2D eigenvalue weighted by Crippen LogP contribution is -2.33. The smallest absolute Gasteiger partial charge is 0.123 e. The summed E-state index contributed by atoms with van der Waals surface area (Å²) >= 11 is 0. The van der Waals surface area contributed by atoms with Crippen LogP contribution in [0.2, 0.25) is 0 Å². The molecule has 120 valence electrons. The molecule has 2 N–H and O–H groups in total. The maximum Gasteiger partial charge on any atom is 0.123 e. The Labute approximate surface area is 137 Å². The van der Waals surface area contributed by atoms with Gasteiger partial charge in [0.2, 0.25) is 0 Å².